The van der Waals surface area contributed by atoms with Gasteiger partial charge >= 0.3 is 0 Å². The van der Waals surface area contributed by atoms with Gasteiger partial charge in [-0.05, 0) is 35.9 Å². The molecule has 0 bridgehead atoms. The van der Waals surface area contributed by atoms with Gasteiger partial charge < -0.3 is 14.2 Å². The minimum Gasteiger partial charge on any atom is -0.493 e. The SMILES string of the molecule is O=S(=O)(Nc1ccc2c(c1)OCO2)c1ccc2c(c1)CCO2. The molecule has 0 aromatic heterocycles. The maximum Gasteiger partial charge on any atom is 0.261 e. The zero-order valence-corrected chi connectivity index (χ0v) is 12.4. The number of ether oxygens (including phenoxy) is 3. The normalized spacial score (nSPS) is 15.3. The van der Waals surface area contributed by atoms with Crippen LogP contribution in [0.1, 0.15) is 5.56 Å². The minimum atomic E-state index is -3.65. The van der Waals surface area contributed by atoms with Crippen LogP contribution < -0.4 is 18.9 Å². The Morgan fingerprint density at radius 2 is 1.73 bits per heavy atom. The third-order valence-corrected chi connectivity index (χ3v) is 4.97. The lowest BCUT2D eigenvalue weighted by atomic mass is 10.2. The smallest absolute Gasteiger partial charge is 0.261 e. The third-order valence-electron chi connectivity index (χ3n) is 3.60. The Bertz CT molecular complexity index is 847. The van der Waals surface area contributed by atoms with Crippen molar-refractivity contribution >= 4 is 15.7 Å². The Labute approximate surface area is 127 Å². The van der Waals surface area contributed by atoms with E-state index in [1.54, 1.807) is 36.4 Å². The fourth-order valence-corrected chi connectivity index (χ4v) is 3.60. The zero-order chi connectivity index (χ0) is 15.2. The van der Waals surface area contributed by atoms with Crippen LogP contribution in [0.25, 0.3) is 0 Å². The quantitative estimate of drug-likeness (QED) is 0.938. The summed E-state index contributed by atoms with van der Waals surface area (Å²) in [6, 6.07) is 9.81. The van der Waals surface area contributed by atoms with E-state index in [1.807, 2.05) is 0 Å². The van der Waals surface area contributed by atoms with Gasteiger partial charge in [-0.15, -0.1) is 0 Å². The molecule has 0 atom stereocenters. The van der Waals surface area contributed by atoms with Gasteiger partial charge in [0.2, 0.25) is 6.79 Å². The largest absolute Gasteiger partial charge is 0.493 e. The predicted octanol–water partition coefficient (Wildman–Crippen LogP) is 2.15. The second-order valence-electron chi connectivity index (χ2n) is 5.04. The summed E-state index contributed by atoms with van der Waals surface area (Å²) in [5.41, 5.74) is 1.34. The number of hydrogen-bond acceptors (Lipinski definition) is 5. The first-order chi connectivity index (χ1) is 10.6. The topological polar surface area (TPSA) is 73.9 Å². The molecule has 0 fully saturated rings. The molecule has 2 aromatic rings. The molecule has 2 aliphatic heterocycles. The van der Waals surface area contributed by atoms with Gasteiger partial charge in [-0.3, -0.25) is 4.72 Å². The van der Waals surface area contributed by atoms with Crippen molar-refractivity contribution in [3.8, 4) is 17.2 Å². The minimum absolute atomic E-state index is 0.149. The van der Waals surface area contributed by atoms with Crippen molar-refractivity contribution in [3.05, 3.63) is 42.0 Å². The van der Waals surface area contributed by atoms with Crippen LogP contribution in [0.4, 0.5) is 5.69 Å². The second-order valence-corrected chi connectivity index (χ2v) is 6.72. The fourth-order valence-electron chi connectivity index (χ4n) is 2.50. The Hall–Kier alpha value is -2.41. The lowest BCUT2D eigenvalue weighted by molar-refractivity contribution is 0.174. The van der Waals surface area contributed by atoms with E-state index < -0.39 is 10.0 Å². The third kappa shape index (κ3) is 2.23. The van der Waals surface area contributed by atoms with Crippen LogP contribution in [0.5, 0.6) is 17.2 Å². The standard InChI is InChI=1S/C15H13NO5S/c17-22(18,12-2-4-13-10(7-12)5-6-19-13)16-11-1-3-14-15(8-11)21-9-20-14/h1-4,7-8,16H,5-6,9H2. The molecule has 0 spiro atoms. The average Bonchev–Trinajstić information content (AvgIpc) is 3.14. The molecule has 0 amide bonds. The average molecular weight is 319 g/mol. The van der Waals surface area contributed by atoms with E-state index in [9.17, 15) is 8.42 Å². The summed E-state index contributed by atoms with van der Waals surface area (Å²) in [6.45, 7) is 0.741. The summed E-state index contributed by atoms with van der Waals surface area (Å²) in [6.07, 6.45) is 0.725. The summed E-state index contributed by atoms with van der Waals surface area (Å²) >= 11 is 0. The van der Waals surface area contributed by atoms with Crippen LogP contribution in [0.15, 0.2) is 41.3 Å². The highest BCUT2D eigenvalue weighted by molar-refractivity contribution is 7.92. The monoisotopic (exact) mass is 319 g/mol. The fraction of sp³-hybridized carbons (Fsp3) is 0.200. The summed E-state index contributed by atoms with van der Waals surface area (Å²) < 4.78 is 43.3. The Morgan fingerprint density at radius 3 is 2.64 bits per heavy atom. The van der Waals surface area contributed by atoms with Crippen LogP contribution >= 0.6 is 0 Å². The molecule has 1 N–H and O–H groups in total. The first kappa shape index (κ1) is 13.3. The molecule has 2 heterocycles. The highest BCUT2D eigenvalue weighted by Gasteiger charge is 2.21. The maximum absolute atomic E-state index is 12.5. The van der Waals surface area contributed by atoms with Gasteiger partial charge in [-0.25, -0.2) is 8.42 Å². The highest BCUT2D eigenvalue weighted by atomic mass is 32.2. The second kappa shape index (κ2) is 4.81. The molecule has 0 aliphatic carbocycles. The van der Waals surface area contributed by atoms with Crippen molar-refractivity contribution in [3.63, 3.8) is 0 Å². The molecule has 4 rings (SSSR count). The summed E-state index contributed by atoms with van der Waals surface area (Å²) in [7, 11) is -3.65. The number of hydrogen-bond donors (Lipinski definition) is 1. The molecule has 0 unspecified atom stereocenters. The van der Waals surface area contributed by atoms with Crippen molar-refractivity contribution < 1.29 is 22.6 Å². The zero-order valence-electron chi connectivity index (χ0n) is 11.5. The van der Waals surface area contributed by atoms with Gasteiger partial charge in [-0.1, -0.05) is 0 Å². The first-order valence-corrected chi connectivity index (χ1v) is 8.28. The molecular formula is C15H13NO5S. The molecule has 0 saturated carbocycles. The van der Waals surface area contributed by atoms with Crippen LogP contribution in [0.3, 0.4) is 0 Å². The number of anilines is 1. The van der Waals surface area contributed by atoms with E-state index in [1.165, 1.54) is 0 Å². The van der Waals surface area contributed by atoms with Crippen LogP contribution in [-0.4, -0.2) is 21.8 Å². The molecule has 0 saturated heterocycles. The van der Waals surface area contributed by atoms with Crippen molar-refractivity contribution in [1.82, 2.24) is 0 Å². The van der Waals surface area contributed by atoms with Crippen molar-refractivity contribution in [2.75, 3.05) is 18.1 Å². The molecule has 0 radical (unpaired) electrons. The molecule has 2 aliphatic rings. The van der Waals surface area contributed by atoms with Crippen LogP contribution in [-0.2, 0) is 16.4 Å². The van der Waals surface area contributed by atoms with Crippen molar-refractivity contribution in [2.45, 2.75) is 11.3 Å². The highest BCUT2D eigenvalue weighted by Crippen LogP contribution is 2.35. The summed E-state index contributed by atoms with van der Waals surface area (Å²) in [5, 5.41) is 0. The number of sulfonamides is 1. The van der Waals surface area contributed by atoms with E-state index in [4.69, 9.17) is 14.2 Å². The molecule has 7 heteroatoms. The number of benzene rings is 2. The molecule has 2 aromatic carbocycles. The van der Waals surface area contributed by atoms with Crippen molar-refractivity contribution in [1.29, 1.82) is 0 Å². The van der Waals surface area contributed by atoms with Crippen LogP contribution in [0, 0.1) is 0 Å². The Kier molecular flexibility index (Phi) is 2.90. The van der Waals surface area contributed by atoms with Crippen molar-refractivity contribution in [2.24, 2.45) is 0 Å². The number of nitrogens with one attached hydrogen (secondary N) is 1. The van der Waals surface area contributed by atoms with E-state index >= 15 is 0 Å². The Balaban J connectivity index is 1.64. The summed E-state index contributed by atoms with van der Waals surface area (Å²) in [4.78, 5) is 0.217. The van der Waals surface area contributed by atoms with Crippen LogP contribution in [0.2, 0.25) is 0 Å². The molecule has 22 heavy (non-hydrogen) atoms. The predicted molar refractivity (Wildman–Crippen MR) is 79.0 cm³/mol. The summed E-state index contributed by atoms with van der Waals surface area (Å²) in [5.74, 6) is 1.89. The van der Waals surface area contributed by atoms with Gasteiger partial charge in [0.1, 0.15) is 5.75 Å². The lowest BCUT2D eigenvalue weighted by Gasteiger charge is -2.09. The number of fused-ring (bicyclic) bond motifs is 2. The first-order valence-electron chi connectivity index (χ1n) is 6.80. The lowest BCUT2D eigenvalue weighted by Crippen LogP contribution is -2.13. The molecule has 114 valence electrons. The molecular weight excluding hydrogens is 306 g/mol. The number of rotatable bonds is 3. The van der Waals surface area contributed by atoms with Gasteiger partial charge in [0.05, 0.1) is 17.2 Å². The van der Waals surface area contributed by atoms with Gasteiger partial charge in [0.15, 0.2) is 11.5 Å². The van der Waals surface area contributed by atoms with E-state index in [2.05, 4.69) is 4.72 Å². The van der Waals surface area contributed by atoms with E-state index in [-0.39, 0.29) is 11.7 Å². The van der Waals surface area contributed by atoms with Gasteiger partial charge in [0.25, 0.3) is 10.0 Å². The Morgan fingerprint density at radius 1 is 0.909 bits per heavy atom. The van der Waals surface area contributed by atoms with E-state index in [0.717, 1.165) is 17.7 Å². The van der Waals surface area contributed by atoms with E-state index in [0.29, 0.717) is 23.8 Å². The van der Waals surface area contributed by atoms with Gasteiger partial charge in [0, 0.05) is 12.5 Å². The maximum atomic E-state index is 12.5. The van der Waals surface area contributed by atoms with Gasteiger partial charge in [-0.2, -0.15) is 0 Å². The molecule has 6 nitrogen and oxygen atoms in total.